The minimum absolute atomic E-state index is 0. The summed E-state index contributed by atoms with van der Waals surface area (Å²) >= 11 is 14.4. The number of hydrogen-bond donors (Lipinski definition) is 1. The second kappa shape index (κ2) is 10.1. The standard InChI is InChI=1S/C7H8O.CHCl3.H2O/c8-6-7-4-2-1-3-5-7;2-1(3)4;/h1-5,8H,6H2;1H;1H2. The van der Waals surface area contributed by atoms with Gasteiger partial charge in [0.2, 0.25) is 0 Å². The van der Waals surface area contributed by atoms with E-state index in [1.165, 1.54) is 0 Å². The summed E-state index contributed by atoms with van der Waals surface area (Å²) in [6, 6.07) is 9.52. The van der Waals surface area contributed by atoms with Crippen LogP contribution in [0.25, 0.3) is 0 Å². The molecule has 0 atom stereocenters. The normalized spacial score (nSPS) is 8.38. The van der Waals surface area contributed by atoms with E-state index >= 15 is 0 Å². The zero-order valence-corrected chi connectivity index (χ0v) is 9.02. The topological polar surface area (TPSA) is 51.7 Å². The Kier molecular flexibility index (Phi) is 12.0. The van der Waals surface area contributed by atoms with Gasteiger partial charge in [0.25, 0.3) is 0 Å². The SMILES string of the molecule is ClC(Cl)Cl.O.OCc1ccccc1. The molecule has 1 aromatic carbocycles. The van der Waals surface area contributed by atoms with Crippen LogP contribution in [-0.4, -0.2) is 14.9 Å². The van der Waals surface area contributed by atoms with Crippen molar-refractivity contribution >= 4 is 34.8 Å². The van der Waals surface area contributed by atoms with E-state index in [2.05, 4.69) is 0 Å². The average Bonchev–Trinajstić information content (AvgIpc) is 2.05. The predicted octanol–water partition coefficient (Wildman–Crippen LogP) is 2.34. The Morgan fingerprint density at radius 1 is 1.08 bits per heavy atom. The molecular formula is C8H11Cl3O2. The predicted molar refractivity (Wildman–Crippen MR) is 57.3 cm³/mol. The molecule has 0 bridgehead atoms. The third-order valence-corrected chi connectivity index (χ3v) is 1.03. The first kappa shape index (κ1) is 15.5. The molecule has 0 aliphatic carbocycles. The number of alkyl halides is 3. The minimum Gasteiger partial charge on any atom is -0.412 e. The van der Waals surface area contributed by atoms with Crippen molar-refractivity contribution in [1.29, 1.82) is 0 Å². The molecule has 5 heteroatoms. The largest absolute Gasteiger partial charge is 0.412 e. The average molecular weight is 246 g/mol. The van der Waals surface area contributed by atoms with Crippen LogP contribution in [0.15, 0.2) is 30.3 Å². The summed E-state index contributed by atoms with van der Waals surface area (Å²) < 4.78 is -0.750. The zero-order chi connectivity index (χ0) is 9.40. The van der Waals surface area contributed by atoms with Crippen molar-refractivity contribution in [2.75, 3.05) is 0 Å². The lowest BCUT2D eigenvalue weighted by molar-refractivity contribution is 0.282. The van der Waals surface area contributed by atoms with Crippen LogP contribution in [0.1, 0.15) is 5.56 Å². The highest BCUT2D eigenvalue weighted by atomic mass is 35.6. The molecule has 1 rings (SSSR count). The van der Waals surface area contributed by atoms with Crippen molar-refractivity contribution < 1.29 is 10.6 Å². The van der Waals surface area contributed by atoms with Gasteiger partial charge in [-0.05, 0) is 5.56 Å². The highest BCUT2D eigenvalue weighted by molar-refractivity contribution is 6.63. The maximum Gasteiger partial charge on any atom is 0.180 e. The van der Waals surface area contributed by atoms with E-state index in [0.29, 0.717) is 0 Å². The molecule has 0 heterocycles. The van der Waals surface area contributed by atoms with Gasteiger partial charge in [-0.1, -0.05) is 65.1 Å². The minimum atomic E-state index is -0.750. The highest BCUT2D eigenvalue weighted by Gasteiger charge is 1.81. The Hall–Kier alpha value is 0.01000. The molecule has 76 valence electrons. The summed E-state index contributed by atoms with van der Waals surface area (Å²) in [4.78, 5) is 0. The summed E-state index contributed by atoms with van der Waals surface area (Å²) in [5.41, 5.74) is 0.965. The summed E-state index contributed by atoms with van der Waals surface area (Å²) in [5.74, 6) is 0. The van der Waals surface area contributed by atoms with E-state index < -0.39 is 4.30 Å². The fourth-order valence-corrected chi connectivity index (χ4v) is 0.583. The van der Waals surface area contributed by atoms with Crippen LogP contribution in [0.2, 0.25) is 0 Å². The third-order valence-electron chi connectivity index (χ3n) is 1.03. The molecule has 0 spiro atoms. The smallest absolute Gasteiger partial charge is 0.180 e. The Morgan fingerprint density at radius 3 is 1.69 bits per heavy atom. The van der Waals surface area contributed by atoms with Crippen molar-refractivity contribution in [3.63, 3.8) is 0 Å². The summed E-state index contributed by atoms with van der Waals surface area (Å²) in [6.45, 7) is 0.140. The van der Waals surface area contributed by atoms with Gasteiger partial charge in [-0.3, -0.25) is 0 Å². The molecule has 0 unspecified atom stereocenters. The quantitative estimate of drug-likeness (QED) is 0.759. The lowest BCUT2D eigenvalue weighted by atomic mass is 10.2. The molecule has 0 amide bonds. The summed E-state index contributed by atoms with van der Waals surface area (Å²) in [6.07, 6.45) is 0. The van der Waals surface area contributed by atoms with Gasteiger partial charge in [0.05, 0.1) is 6.61 Å². The third kappa shape index (κ3) is 12.0. The van der Waals surface area contributed by atoms with E-state index in [-0.39, 0.29) is 12.1 Å². The molecule has 0 aromatic heterocycles. The molecule has 0 saturated carbocycles. The molecule has 3 N–H and O–H groups in total. The van der Waals surface area contributed by atoms with Gasteiger partial charge < -0.3 is 10.6 Å². The van der Waals surface area contributed by atoms with Gasteiger partial charge in [0.1, 0.15) is 0 Å². The van der Waals surface area contributed by atoms with Crippen molar-refractivity contribution in [3.05, 3.63) is 35.9 Å². The van der Waals surface area contributed by atoms with Gasteiger partial charge in [-0.25, -0.2) is 0 Å². The van der Waals surface area contributed by atoms with Crippen LogP contribution in [0, 0.1) is 0 Å². The molecule has 2 nitrogen and oxygen atoms in total. The van der Waals surface area contributed by atoms with Crippen LogP contribution >= 0.6 is 34.8 Å². The number of hydrogen-bond acceptors (Lipinski definition) is 1. The number of halogens is 3. The number of benzene rings is 1. The Labute approximate surface area is 92.4 Å². The molecule has 0 aliphatic rings. The van der Waals surface area contributed by atoms with Crippen LogP contribution in [0.5, 0.6) is 0 Å². The Morgan fingerprint density at radius 2 is 1.46 bits per heavy atom. The first-order valence-electron chi connectivity index (χ1n) is 3.24. The zero-order valence-electron chi connectivity index (χ0n) is 6.75. The van der Waals surface area contributed by atoms with Crippen molar-refractivity contribution in [2.45, 2.75) is 10.9 Å². The fourth-order valence-electron chi connectivity index (χ4n) is 0.583. The lowest BCUT2D eigenvalue weighted by Crippen LogP contribution is -1.77. The van der Waals surface area contributed by atoms with Crippen molar-refractivity contribution in [2.24, 2.45) is 0 Å². The highest BCUT2D eigenvalue weighted by Crippen LogP contribution is 2.03. The number of aliphatic hydroxyl groups is 1. The molecular weight excluding hydrogens is 234 g/mol. The first-order valence-corrected chi connectivity index (χ1v) is 4.54. The fraction of sp³-hybridized carbons (Fsp3) is 0.250. The second-order valence-electron chi connectivity index (χ2n) is 1.89. The van der Waals surface area contributed by atoms with Crippen molar-refractivity contribution in [3.8, 4) is 0 Å². The first-order chi connectivity index (χ1) is 5.66. The summed E-state index contributed by atoms with van der Waals surface area (Å²) in [5, 5.41) is 8.54. The summed E-state index contributed by atoms with van der Waals surface area (Å²) in [7, 11) is 0. The van der Waals surface area contributed by atoms with Gasteiger partial charge in [0, 0.05) is 0 Å². The van der Waals surface area contributed by atoms with E-state index in [1.807, 2.05) is 30.3 Å². The molecule has 0 saturated heterocycles. The molecule has 0 fully saturated rings. The van der Waals surface area contributed by atoms with Gasteiger partial charge >= 0.3 is 0 Å². The number of aliphatic hydroxyl groups excluding tert-OH is 1. The van der Waals surface area contributed by atoms with Crippen LogP contribution in [0.3, 0.4) is 0 Å². The molecule has 0 radical (unpaired) electrons. The van der Waals surface area contributed by atoms with E-state index in [0.717, 1.165) is 5.56 Å². The van der Waals surface area contributed by atoms with Gasteiger partial charge in [0.15, 0.2) is 4.30 Å². The molecule has 0 aliphatic heterocycles. The van der Waals surface area contributed by atoms with Crippen LogP contribution < -0.4 is 0 Å². The maximum atomic E-state index is 8.54. The second-order valence-corrected chi connectivity index (χ2v) is 3.87. The monoisotopic (exact) mass is 244 g/mol. The van der Waals surface area contributed by atoms with E-state index in [4.69, 9.17) is 39.9 Å². The lowest BCUT2D eigenvalue weighted by Gasteiger charge is -1.89. The molecule has 13 heavy (non-hydrogen) atoms. The van der Waals surface area contributed by atoms with Crippen LogP contribution in [-0.2, 0) is 6.61 Å². The van der Waals surface area contributed by atoms with Gasteiger partial charge in [-0.15, -0.1) is 0 Å². The maximum absolute atomic E-state index is 8.54. The molecule has 1 aromatic rings. The van der Waals surface area contributed by atoms with Gasteiger partial charge in [-0.2, -0.15) is 0 Å². The Bertz CT molecular complexity index is 189. The van der Waals surface area contributed by atoms with E-state index in [9.17, 15) is 0 Å². The van der Waals surface area contributed by atoms with Crippen molar-refractivity contribution in [1.82, 2.24) is 0 Å². The Balaban J connectivity index is 0. The number of rotatable bonds is 1. The van der Waals surface area contributed by atoms with Crippen LogP contribution in [0.4, 0.5) is 0 Å². The van der Waals surface area contributed by atoms with E-state index in [1.54, 1.807) is 0 Å².